The summed E-state index contributed by atoms with van der Waals surface area (Å²) in [6.07, 6.45) is 6.76. The second kappa shape index (κ2) is 6.53. The summed E-state index contributed by atoms with van der Waals surface area (Å²) in [4.78, 5) is 16.6. The predicted molar refractivity (Wildman–Crippen MR) is 71.3 cm³/mol. The summed E-state index contributed by atoms with van der Waals surface area (Å²) in [7, 11) is 0. The van der Waals surface area contributed by atoms with Crippen molar-refractivity contribution in [3.05, 3.63) is 0 Å². The number of amides is 1. The number of aliphatic hydroxyl groups excluding tert-OH is 1. The van der Waals surface area contributed by atoms with E-state index in [4.69, 9.17) is 0 Å². The van der Waals surface area contributed by atoms with Crippen LogP contribution in [0.15, 0.2) is 0 Å². The Balaban J connectivity index is 1.89. The second-order valence-corrected chi connectivity index (χ2v) is 5.59. The minimum Gasteiger partial charge on any atom is -0.395 e. The summed E-state index contributed by atoms with van der Waals surface area (Å²) < 4.78 is 0. The van der Waals surface area contributed by atoms with Crippen molar-refractivity contribution in [2.45, 2.75) is 57.5 Å². The van der Waals surface area contributed by atoms with E-state index in [2.05, 4.69) is 16.7 Å². The highest BCUT2D eigenvalue weighted by Gasteiger charge is 2.30. The van der Waals surface area contributed by atoms with E-state index in [0.29, 0.717) is 12.6 Å². The second-order valence-electron chi connectivity index (χ2n) is 5.59. The van der Waals surface area contributed by atoms with E-state index in [-0.39, 0.29) is 18.6 Å². The Morgan fingerprint density at radius 3 is 2.67 bits per heavy atom. The van der Waals surface area contributed by atoms with Crippen molar-refractivity contribution in [2.75, 3.05) is 26.2 Å². The Bertz CT molecular complexity index is 283. The first kappa shape index (κ1) is 13.8. The van der Waals surface area contributed by atoms with Crippen molar-refractivity contribution in [2.24, 2.45) is 0 Å². The van der Waals surface area contributed by atoms with E-state index in [9.17, 15) is 9.90 Å². The minimum atomic E-state index is 0.185. The fourth-order valence-corrected chi connectivity index (χ4v) is 3.33. The Hall–Kier alpha value is -0.610. The smallest absolute Gasteiger partial charge is 0.237 e. The molecule has 0 aliphatic carbocycles. The number of piperidine rings is 1. The van der Waals surface area contributed by atoms with E-state index in [0.717, 1.165) is 45.2 Å². The zero-order chi connectivity index (χ0) is 13.0. The molecule has 0 radical (unpaired) electrons. The molecule has 2 rings (SSSR count). The van der Waals surface area contributed by atoms with E-state index < -0.39 is 0 Å². The van der Waals surface area contributed by atoms with Gasteiger partial charge in [0.25, 0.3) is 0 Å². The zero-order valence-corrected chi connectivity index (χ0v) is 11.5. The van der Waals surface area contributed by atoms with Crippen molar-refractivity contribution in [3.63, 3.8) is 0 Å². The van der Waals surface area contributed by atoms with E-state index in [1.807, 2.05) is 0 Å². The molecule has 0 aromatic heterocycles. The van der Waals surface area contributed by atoms with Crippen molar-refractivity contribution in [3.8, 4) is 0 Å². The lowest BCUT2D eigenvalue weighted by Crippen LogP contribution is -2.49. The molecule has 2 saturated heterocycles. The lowest BCUT2D eigenvalue weighted by molar-refractivity contribution is -0.136. The molecule has 2 aliphatic rings. The third kappa shape index (κ3) is 3.04. The molecule has 104 valence electrons. The lowest BCUT2D eigenvalue weighted by atomic mass is 10.00. The molecule has 0 saturated carbocycles. The molecule has 2 fully saturated rings. The maximum Gasteiger partial charge on any atom is 0.237 e. The molecular weight excluding hydrogens is 228 g/mol. The molecule has 4 heteroatoms. The van der Waals surface area contributed by atoms with Gasteiger partial charge in [-0.05, 0) is 45.1 Å². The SMILES string of the molecule is CCC1CCCCN1C(=O)CN1CCCC1CO. The fraction of sp³-hybridized carbons (Fsp3) is 0.929. The van der Waals surface area contributed by atoms with Gasteiger partial charge in [0.2, 0.25) is 5.91 Å². The minimum absolute atomic E-state index is 0.185. The maximum atomic E-state index is 12.4. The average Bonchev–Trinajstić information content (AvgIpc) is 2.85. The molecule has 2 heterocycles. The zero-order valence-electron chi connectivity index (χ0n) is 11.5. The quantitative estimate of drug-likeness (QED) is 0.821. The Morgan fingerprint density at radius 2 is 1.94 bits per heavy atom. The molecule has 2 aliphatic heterocycles. The lowest BCUT2D eigenvalue weighted by Gasteiger charge is -2.36. The summed E-state index contributed by atoms with van der Waals surface area (Å²) in [6, 6.07) is 0.653. The largest absolute Gasteiger partial charge is 0.395 e. The summed E-state index contributed by atoms with van der Waals surface area (Å²) >= 11 is 0. The van der Waals surface area contributed by atoms with Crippen LogP contribution in [0.4, 0.5) is 0 Å². The van der Waals surface area contributed by atoms with Gasteiger partial charge in [-0.3, -0.25) is 9.69 Å². The van der Waals surface area contributed by atoms with Gasteiger partial charge in [-0.2, -0.15) is 0 Å². The van der Waals surface area contributed by atoms with Gasteiger partial charge in [0.1, 0.15) is 0 Å². The van der Waals surface area contributed by atoms with E-state index in [1.165, 1.54) is 6.42 Å². The van der Waals surface area contributed by atoms with E-state index >= 15 is 0 Å². The average molecular weight is 254 g/mol. The van der Waals surface area contributed by atoms with Crippen LogP contribution in [0.3, 0.4) is 0 Å². The van der Waals surface area contributed by atoms with Crippen LogP contribution in [-0.2, 0) is 4.79 Å². The van der Waals surface area contributed by atoms with Crippen molar-refractivity contribution >= 4 is 5.91 Å². The molecule has 0 spiro atoms. The number of aliphatic hydroxyl groups is 1. The van der Waals surface area contributed by atoms with Gasteiger partial charge < -0.3 is 10.0 Å². The molecule has 0 aromatic carbocycles. The van der Waals surface area contributed by atoms with Gasteiger partial charge >= 0.3 is 0 Å². The summed E-state index contributed by atoms with van der Waals surface area (Å²) in [5.41, 5.74) is 0. The van der Waals surface area contributed by atoms with Crippen LogP contribution in [0.25, 0.3) is 0 Å². The summed E-state index contributed by atoms with van der Waals surface area (Å²) in [5, 5.41) is 9.29. The third-order valence-electron chi connectivity index (χ3n) is 4.47. The first-order chi connectivity index (χ1) is 8.76. The van der Waals surface area contributed by atoms with Crippen molar-refractivity contribution in [1.29, 1.82) is 0 Å². The van der Waals surface area contributed by atoms with Crippen LogP contribution in [0.1, 0.15) is 45.4 Å². The number of likely N-dealkylation sites (tertiary alicyclic amines) is 2. The number of carbonyl (C=O) groups excluding carboxylic acids is 1. The summed E-state index contributed by atoms with van der Waals surface area (Å²) in [6.45, 7) is 4.74. The summed E-state index contributed by atoms with van der Waals surface area (Å²) in [5.74, 6) is 0.266. The number of carbonyl (C=O) groups is 1. The maximum absolute atomic E-state index is 12.4. The van der Waals surface area contributed by atoms with E-state index in [1.54, 1.807) is 0 Å². The standard InChI is InChI=1S/C14H26N2O2/c1-2-12-6-3-4-9-16(12)14(18)10-15-8-5-7-13(15)11-17/h12-13,17H,2-11H2,1H3. The van der Waals surface area contributed by atoms with Gasteiger partial charge in [0.05, 0.1) is 13.2 Å². The number of rotatable bonds is 4. The highest BCUT2D eigenvalue weighted by Crippen LogP contribution is 2.21. The topological polar surface area (TPSA) is 43.8 Å². The molecule has 18 heavy (non-hydrogen) atoms. The monoisotopic (exact) mass is 254 g/mol. The van der Waals surface area contributed by atoms with Gasteiger partial charge in [0, 0.05) is 18.6 Å². The van der Waals surface area contributed by atoms with Crippen LogP contribution in [0.2, 0.25) is 0 Å². The highest BCUT2D eigenvalue weighted by molar-refractivity contribution is 5.78. The van der Waals surface area contributed by atoms with Crippen LogP contribution in [0, 0.1) is 0 Å². The molecule has 4 nitrogen and oxygen atoms in total. The Labute approximate surface area is 110 Å². The van der Waals surface area contributed by atoms with Gasteiger partial charge in [-0.25, -0.2) is 0 Å². The molecule has 0 bridgehead atoms. The Morgan fingerprint density at radius 1 is 1.17 bits per heavy atom. The molecular formula is C14H26N2O2. The van der Waals surface area contributed by atoms with Crippen molar-refractivity contribution < 1.29 is 9.90 Å². The van der Waals surface area contributed by atoms with Gasteiger partial charge in [-0.15, -0.1) is 0 Å². The molecule has 2 atom stereocenters. The van der Waals surface area contributed by atoms with Crippen LogP contribution in [0.5, 0.6) is 0 Å². The Kier molecular flexibility index (Phi) is 5.01. The number of hydrogen-bond donors (Lipinski definition) is 1. The molecule has 1 amide bonds. The van der Waals surface area contributed by atoms with Crippen molar-refractivity contribution in [1.82, 2.24) is 9.80 Å². The third-order valence-corrected chi connectivity index (χ3v) is 4.47. The van der Waals surface area contributed by atoms with Gasteiger partial charge in [0.15, 0.2) is 0 Å². The first-order valence-corrected chi connectivity index (χ1v) is 7.40. The van der Waals surface area contributed by atoms with Crippen LogP contribution >= 0.6 is 0 Å². The molecule has 2 unspecified atom stereocenters. The highest BCUT2D eigenvalue weighted by atomic mass is 16.3. The molecule has 0 aromatic rings. The first-order valence-electron chi connectivity index (χ1n) is 7.40. The normalized spacial score (nSPS) is 29.8. The van der Waals surface area contributed by atoms with Crippen LogP contribution in [-0.4, -0.2) is 59.1 Å². The van der Waals surface area contributed by atoms with Gasteiger partial charge in [-0.1, -0.05) is 6.92 Å². The van der Waals surface area contributed by atoms with Crippen LogP contribution < -0.4 is 0 Å². The fourth-order valence-electron chi connectivity index (χ4n) is 3.33. The number of hydrogen-bond acceptors (Lipinski definition) is 3. The predicted octanol–water partition coefficient (Wildman–Crippen LogP) is 1.23. The number of nitrogens with zero attached hydrogens (tertiary/aromatic N) is 2. The molecule has 1 N–H and O–H groups in total.